The molecule has 1 atom stereocenters. The van der Waals surface area contributed by atoms with Gasteiger partial charge in [-0.3, -0.25) is 19.7 Å². The molecular formula is C13H12ClN5O5S2. The molecule has 1 heterocycles. The van der Waals surface area contributed by atoms with E-state index in [9.17, 15) is 19.7 Å². The lowest BCUT2D eigenvalue weighted by Crippen LogP contribution is -2.30. The number of hydrogen-bond donors (Lipinski definition) is 2. The van der Waals surface area contributed by atoms with E-state index in [1.54, 1.807) is 0 Å². The van der Waals surface area contributed by atoms with Crippen molar-refractivity contribution >= 4 is 63.1 Å². The number of nitro benzene ring substituents is 1. The standard InChI is InChI=1S/C13H12ClN5O5S2/c1-6(24-10(20)5-25-13-18-17-12(15)26-13)11(21)16-9-3-2-7(19(22)23)4-8(9)14/h2-4,6H,5H2,1H3,(H2,15,17)(H,16,21). The number of rotatable bonds is 7. The minimum Gasteiger partial charge on any atom is -0.452 e. The fourth-order valence-electron chi connectivity index (χ4n) is 1.64. The number of carbonyl (C=O) groups is 2. The number of hydrogen-bond acceptors (Lipinski definition) is 10. The third kappa shape index (κ3) is 5.54. The van der Waals surface area contributed by atoms with Gasteiger partial charge in [0.1, 0.15) is 0 Å². The van der Waals surface area contributed by atoms with Crippen molar-refractivity contribution in [2.75, 3.05) is 16.8 Å². The molecule has 0 aliphatic carbocycles. The summed E-state index contributed by atoms with van der Waals surface area (Å²) in [5, 5.41) is 20.7. The number of nitrogens with one attached hydrogen (secondary N) is 1. The Balaban J connectivity index is 1.86. The average Bonchev–Trinajstić information content (AvgIpc) is 3.00. The van der Waals surface area contributed by atoms with Crippen molar-refractivity contribution in [2.45, 2.75) is 17.4 Å². The smallest absolute Gasteiger partial charge is 0.317 e. The molecule has 0 aliphatic rings. The summed E-state index contributed by atoms with van der Waals surface area (Å²) in [6.07, 6.45) is -1.09. The largest absolute Gasteiger partial charge is 0.452 e. The first kappa shape index (κ1) is 19.9. The maximum absolute atomic E-state index is 12.1. The van der Waals surface area contributed by atoms with Crippen LogP contribution in [0.3, 0.4) is 0 Å². The summed E-state index contributed by atoms with van der Waals surface area (Å²) in [6, 6.07) is 3.60. The molecule has 138 valence electrons. The second kappa shape index (κ2) is 8.78. The van der Waals surface area contributed by atoms with Gasteiger partial charge in [0.05, 0.1) is 21.4 Å². The molecule has 0 saturated heterocycles. The fraction of sp³-hybridized carbons (Fsp3) is 0.231. The van der Waals surface area contributed by atoms with E-state index in [0.717, 1.165) is 29.2 Å². The molecule has 0 spiro atoms. The molecule has 26 heavy (non-hydrogen) atoms. The molecule has 1 amide bonds. The predicted molar refractivity (Wildman–Crippen MR) is 97.3 cm³/mol. The van der Waals surface area contributed by atoms with Gasteiger partial charge in [0, 0.05) is 12.1 Å². The average molecular weight is 418 g/mol. The lowest BCUT2D eigenvalue weighted by Gasteiger charge is -2.13. The maximum atomic E-state index is 12.1. The molecule has 2 rings (SSSR count). The predicted octanol–water partition coefficient (Wildman–Crippen LogP) is 2.34. The molecule has 1 aromatic carbocycles. The number of nitrogens with zero attached hydrogens (tertiary/aromatic N) is 3. The number of thioether (sulfide) groups is 1. The number of aromatic nitrogens is 2. The zero-order valence-electron chi connectivity index (χ0n) is 13.2. The number of nitrogens with two attached hydrogens (primary N) is 1. The van der Waals surface area contributed by atoms with Gasteiger partial charge in [-0.25, -0.2) is 0 Å². The molecule has 0 bridgehead atoms. The van der Waals surface area contributed by atoms with E-state index in [2.05, 4.69) is 15.5 Å². The Hall–Kier alpha value is -2.44. The van der Waals surface area contributed by atoms with E-state index >= 15 is 0 Å². The molecule has 0 fully saturated rings. The highest BCUT2D eigenvalue weighted by Gasteiger charge is 2.20. The van der Waals surface area contributed by atoms with E-state index in [4.69, 9.17) is 22.1 Å². The third-order valence-corrected chi connectivity index (χ3v) is 5.01. The van der Waals surface area contributed by atoms with Gasteiger partial charge in [-0.1, -0.05) is 34.7 Å². The molecule has 0 saturated carbocycles. The highest BCUT2D eigenvalue weighted by Crippen LogP contribution is 2.27. The molecule has 10 nitrogen and oxygen atoms in total. The van der Waals surface area contributed by atoms with Gasteiger partial charge in [0.25, 0.3) is 11.6 Å². The van der Waals surface area contributed by atoms with Gasteiger partial charge in [0.2, 0.25) is 5.13 Å². The Labute approximate surface area is 160 Å². The summed E-state index contributed by atoms with van der Waals surface area (Å²) < 4.78 is 5.53. The number of amides is 1. The van der Waals surface area contributed by atoms with Crippen LogP contribution in [0.4, 0.5) is 16.5 Å². The van der Waals surface area contributed by atoms with Crippen LogP contribution in [0, 0.1) is 10.1 Å². The van der Waals surface area contributed by atoms with Gasteiger partial charge in [-0.2, -0.15) is 0 Å². The Morgan fingerprint density at radius 2 is 2.23 bits per heavy atom. The zero-order chi connectivity index (χ0) is 19.3. The molecular weight excluding hydrogens is 406 g/mol. The monoisotopic (exact) mass is 417 g/mol. The van der Waals surface area contributed by atoms with E-state index in [-0.39, 0.29) is 27.3 Å². The molecule has 3 N–H and O–H groups in total. The van der Waals surface area contributed by atoms with Crippen LogP contribution in [0.15, 0.2) is 22.5 Å². The molecule has 0 aliphatic heterocycles. The first-order chi connectivity index (χ1) is 12.3. The summed E-state index contributed by atoms with van der Waals surface area (Å²) in [7, 11) is 0. The first-order valence-corrected chi connectivity index (χ1v) is 9.10. The Morgan fingerprint density at radius 3 is 2.81 bits per heavy atom. The van der Waals surface area contributed by atoms with Crippen molar-refractivity contribution in [2.24, 2.45) is 0 Å². The van der Waals surface area contributed by atoms with Crippen molar-refractivity contribution in [3.8, 4) is 0 Å². The lowest BCUT2D eigenvalue weighted by atomic mass is 10.2. The van der Waals surface area contributed by atoms with E-state index in [1.165, 1.54) is 19.1 Å². The van der Waals surface area contributed by atoms with Crippen molar-refractivity contribution in [3.05, 3.63) is 33.3 Å². The van der Waals surface area contributed by atoms with Crippen molar-refractivity contribution in [3.63, 3.8) is 0 Å². The van der Waals surface area contributed by atoms with E-state index in [1.807, 2.05) is 0 Å². The number of carbonyl (C=O) groups excluding carboxylic acids is 2. The highest BCUT2D eigenvalue weighted by molar-refractivity contribution is 8.01. The molecule has 0 radical (unpaired) electrons. The number of anilines is 2. The lowest BCUT2D eigenvalue weighted by molar-refractivity contribution is -0.384. The maximum Gasteiger partial charge on any atom is 0.317 e. The number of ether oxygens (including phenoxy) is 1. The normalized spacial score (nSPS) is 11.6. The highest BCUT2D eigenvalue weighted by atomic mass is 35.5. The summed E-state index contributed by atoms with van der Waals surface area (Å²) in [6.45, 7) is 1.39. The zero-order valence-corrected chi connectivity index (χ0v) is 15.6. The van der Waals surface area contributed by atoms with Gasteiger partial charge in [0.15, 0.2) is 10.4 Å². The third-order valence-electron chi connectivity index (χ3n) is 2.83. The van der Waals surface area contributed by atoms with Gasteiger partial charge in [-0.05, 0) is 13.0 Å². The van der Waals surface area contributed by atoms with Crippen LogP contribution in [-0.4, -0.2) is 38.9 Å². The number of non-ortho nitro benzene ring substituents is 1. The number of nitrogen functional groups attached to an aromatic ring is 1. The molecule has 1 unspecified atom stereocenters. The summed E-state index contributed by atoms with van der Waals surface area (Å²) >= 11 is 8.11. The molecule has 1 aromatic heterocycles. The van der Waals surface area contributed by atoms with Gasteiger partial charge in [-0.15, -0.1) is 10.2 Å². The van der Waals surface area contributed by atoms with Crippen LogP contribution in [0.1, 0.15) is 6.92 Å². The van der Waals surface area contributed by atoms with Gasteiger partial charge >= 0.3 is 5.97 Å². The number of halogens is 1. The van der Waals surface area contributed by atoms with Crippen molar-refractivity contribution in [1.29, 1.82) is 0 Å². The second-order valence-electron chi connectivity index (χ2n) is 4.74. The summed E-state index contributed by atoms with van der Waals surface area (Å²) in [5.41, 5.74) is 5.39. The van der Waals surface area contributed by atoms with Crippen LogP contribution < -0.4 is 11.1 Å². The Morgan fingerprint density at radius 1 is 1.50 bits per heavy atom. The van der Waals surface area contributed by atoms with Crippen LogP contribution >= 0.6 is 34.7 Å². The number of benzene rings is 1. The van der Waals surface area contributed by atoms with Crippen LogP contribution in [0.25, 0.3) is 0 Å². The first-order valence-electron chi connectivity index (χ1n) is 6.92. The van der Waals surface area contributed by atoms with E-state index < -0.39 is 22.9 Å². The summed E-state index contributed by atoms with van der Waals surface area (Å²) in [4.78, 5) is 33.9. The Kier molecular flexibility index (Phi) is 6.71. The van der Waals surface area contributed by atoms with Crippen molar-refractivity contribution < 1.29 is 19.2 Å². The van der Waals surface area contributed by atoms with Crippen LogP contribution in [0.2, 0.25) is 5.02 Å². The minimum atomic E-state index is -1.09. The quantitative estimate of drug-likeness (QED) is 0.299. The van der Waals surface area contributed by atoms with Gasteiger partial charge < -0.3 is 15.8 Å². The topological polar surface area (TPSA) is 150 Å². The van der Waals surface area contributed by atoms with E-state index in [0.29, 0.717) is 4.34 Å². The second-order valence-corrected chi connectivity index (χ2v) is 7.38. The summed E-state index contributed by atoms with van der Waals surface area (Å²) in [5.74, 6) is -1.31. The number of esters is 1. The SMILES string of the molecule is CC(OC(=O)CSc1nnc(N)s1)C(=O)Nc1ccc([N+](=O)[O-])cc1Cl. The minimum absolute atomic E-state index is 0.00418. The molecule has 2 aromatic rings. The van der Waals surface area contributed by atoms with Crippen LogP contribution in [-0.2, 0) is 14.3 Å². The number of nitro groups is 1. The fourth-order valence-corrected chi connectivity index (χ4v) is 3.28. The van der Waals surface area contributed by atoms with Crippen LogP contribution in [0.5, 0.6) is 0 Å². The molecule has 13 heteroatoms. The van der Waals surface area contributed by atoms with Crippen molar-refractivity contribution in [1.82, 2.24) is 10.2 Å². The Bertz CT molecular complexity index is 846.